The first-order chi connectivity index (χ1) is 8.95. The summed E-state index contributed by atoms with van der Waals surface area (Å²) in [5.74, 6) is -0.0834. The molecule has 1 aliphatic rings. The third-order valence-electron chi connectivity index (χ3n) is 2.67. The molecule has 0 saturated heterocycles. The van der Waals surface area contributed by atoms with Gasteiger partial charge in [-0.05, 0) is 26.1 Å². The molecule has 0 amide bonds. The number of anilines is 1. The van der Waals surface area contributed by atoms with E-state index in [1.165, 1.54) is 16.2 Å². The van der Waals surface area contributed by atoms with Crippen molar-refractivity contribution >= 4 is 39.8 Å². The summed E-state index contributed by atoms with van der Waals surface area (Å²) in [6.45, 7) is 5.78. The summed E-state index contributed by atoms with van der Waals surface area (Å²) < 4.78 is 0. The molecule has 0 atom stereocenters. The number of nitrogens with one attached hydrogen (secondary N) is 3. The van der Waals surface area contributed by atoms with Crippen LogP contribution in [0.5, 0.6) is 0 Å². The van der Waals surface area contributed by atoms with E-state index in [1.54, 1.807) is 0 Å². The molecule has 1 aromatic heterocycles. The number of nitrogens with zero attached hydrogens (tertiary/aromatic N) is 2. The molecule has 0 fully saturated rings. The first-order valence-corrected chi connectivity index (χ1v) is 7.33. The summed E-state index contributed by atoms with van der Waals surface area (Å²) in [5, 5.41) is 14.7. The van der Waals surface area contributed by atoms with Gasteiger partial charge in [0.2, 0.25) is 0 Å². The Labute approximate surface area is 121 Å². The average molecular weight is 298 g/mol. The van der Waals surface area contributed by atoms with Crippen molar-refractivity contribution in [3.63, 3.8) is 0 Å². The highest BCUT2D eigenvalue weighted by Gasteiger charge is 2.22. The highest BCUT2D eigenvalue weighted by Crippen LogP contribution is 2.28. The summed E-state index contributed by atoms with van der Waals surface area (Å²) in [4.78, 5) is 7.77. The van der Waals surface area contributed by atoms with Crippen molar-refractivity contribution in [3.8, 4) is 0 Å². The molecule has 6 nitrogen and oxygen atoms in total. The molecule has 5 N–H and O–H groups in total. The topological polar surface area (TPSA) is 90.1 Å². The van der Waals surface area contributed by atoms with E-state index in [1.807, 2.05) is 0 Å². The standard InChI is InChI=1S/C11H18N6S2/c1-6(2)14-11(18)17-4-3-7-8(5-17)19-10(15-7)16-9(12)13/h6H,3-5H2,1-2H3,(H,14,18)(H4,12,13,15,16). The normalized spacial score (nSPS) is 14.2. The Balaban J connectivity index is 2.05. The average Bonchev–Trinajstić information content (AvgIpc) is 2.67. The summed E-state index contributed by atoms with van der Waals surface area (Å²) in [5.41, 5.74) is 6.39. The van der Waals surface area contributed by atoms with E-state index in [0.29, 0.717) is 11.2 Å². The van der Waals surface area contributed by atoms with E-state index in [9.17, 15) is 0 Å². The lowest BCUT2D eigenvalue weighted by molar-refractivity contribution is 0.385. The number of hydrogen-bond donors (Lipinski definition) is 4. The molecular weight excluding hydrogens is 280 g/mol. The number of guanidine groups is 1. The smallest absolute Gasteiger partial charge is 0.192 e. The van der Waals surface area contributed by atoms with Crippen LogP contribution in [0.2, 0.25) is 0 Å². The van der Waals surface area contributed by atoms with Gasteiger partial charge in [-0.15, -0.1) is 0 Å². The highest BCUT2D eigenvalue weighted by atomic mass is 32.1. The second-order valence-corrected chi connectivity index (χ2v) is 6.17. The summed E-state index contributed by atoms with van der Waals surface area (Å²) in [6, 6.07) is 0.338. The first kappa shape index (κ1) is 14.0. The molecule has 0 radical (unpaired) electrons. The van der Waals surface area contributed by atoms with Gasteiger partial charge in [0, 0.05) is 23.9 Å². The number of thiocarbonyl (C=S) groups is 1. The van der Waals surface area contributed by atoms with Gasteiger partial charge in [0.15, 0.2) is 16.2 Å². The Kier molecular flexibility index (Phi) is 4.20. The number of fused-ring (bicyclic) bond motifs is 1. The molecule has 2 rings (SSSR count). The molecule has 104 valence electrons. The first-order valence-electron chi connectivity index (χ1n) is 6.10. The van der Waals surface area contributed by atoms with Gasteiger partial charge >= 0.3 is 0 Å². The molecular formula is C11H18N6S2. The maximum Gasteiger partial charge on any atom is 0.192 e. The van der Waals surface area contributed by atoms with Gasteiger partial charge in [-0.25, -0.2) is 4.98 Å². The summed E-state index contributed by atoms with van der Waals surface area (Å²) >= 11 is 6.92. The lowest BCUT2D eigenvalue weighted by Gasteiger charge is -2.29. The number of rotatable bonds is 2. The van der Waals surface area contributed by atoms with Crippen molar-refractivity contribution < 1.29 is 0 Å². The lowest BCUT2D eigenvalue weighted by atomic mass is 10.2. The van der Waals surface area contributed by atoms with Crippen LogP contribution in [0, 0.1) is 5.41 Å². The molecule has 0 bridgehead atoms. The minimum atomic E-state index is -0.0834. The minimum absolute atomic E-state index is 0.0834. The van der Waals surface area contributed by atoms with Crippen LogP contribution in [-0.2, 0) is 13.0 Å². The fourth-order valence-electron chi connectivity index (χ4n) is 1.88. The molecule has 0 aromatic carbocycles. The van der Waals surface area contributed by atoms with E-state index in [-0.39, 0.29) is 5.96 Å². The van der Waals surface area contributed by atoms with Crippen LogP contribution in [0.25, 0.3) is 0 Å². The highest BCUT2D eigenvalue weighted by molar-refractivity contribution is 7.80. The Hall–Kier alpha value is -1.41. The molecule has 19 heavy (non-hydrogen) atoms. The zero-order chi connectivity index (χ0) is 14.0. The molecule has 0 saturated carbocycles. The molecule has 1 aromatic rings. The van der Waals surface area contributed by atoms with E-state index in [2.05, 4.69) is 34.4 Å². The molecule has 0 spiro atoms. The predicted octanol–water partition coefficient (Wildman–Crippen LogP) is 1.09. The van der Waals surface area contributed by atoms with Crippen LogP contribution in [-0.4, -0.2) is 33.5 Å². The van der Waals surface area contributed by atoms with Crippen molar-refractivity contribution in [1.29, 1.82) is 5.41 Å². The van der Waals surface area contributed by atoms with E-state index >= 15 is 0 Å². The van der Waals surface area contributed by atoms with Crippen molar-refractivity contribution in [1.82, 2.24) is 15.2 Å². The minimum Gasteiger partial charge on any atom is -0.370 e. The van der Waals surface area contributed by atoms with Gasteiger partial charge in [-0.3, -0.25) is 5.41 Å². The van der Waals surface area contributed by atoms with Crippen LogP contribution in [0.1, 0.15) is 24.4 Å². The molecule has 0 unspecified atom stereocenters. The monoisotopic (exact) mass is 298 g/mol. The van der Waals surface area contributed by atoms with E-state index in [0.717, 1.165) is 30.3 Å². The maximum atomic E-state index is 7.22. The van der Waals surface area contributed by atoms with Gasteiger partial charge in [0.05, 0.1) is 12.2 Å². The summed E-state index contributed by atoms with van der Waals surface area (Å²) in [6.07, 6.45) is 0.866. The van der Waals surface area contributed by atoms with Gasteiger partial charge < -0.3 is 21.3 Å². The van der Waals surface area contributed by atoms with E-state index < -0.39 is 0 Å². The van der Waals surface area contributed by atoms with Crippen LogP contribution in [0.4, 0.5) is 5.13 Å². The van der Waals surface area contributed by atoms with Crippen molar-refractivity contribution in [3.05, 3.63) is 10.6 Å². The lowest BCUT2D eigenvalue weighted by Crippen LogP contribution is -2.44. The Morgan fingerprint density at radius 2 is 2.32 bits per heavy atom. The maximum absolute atomic E-state index is 7.22. The second kappa shape index (κ2) is 5.70. The molecule has 1 aliphatic heterocycles. The zero-order valence-electron chi connectivity index (χ0n) is 11.0. The van der Waals surface area contributed by atoms with Crippen LogP contribution >= 0.6 is 23.6 Å². The predicted molar refractivity (Wildman–Crippen MR) is 82.6 cm³/mol. The van der Waals surface area contributed by atoms with Gasteiger partial charge in [-0.2, -0.15) is 0 Å². The Morgan fingerprint density at radius 3 is 2.95 bits per heavy atom. The quantitative estimate of drug-likeness (QED) is 0.371. The third-order valence-corrected chi connectivity index (χ3v) is 4.05. The summed E-state index contributed by atoms with van der Waals surface area (Å²) in [7, 11) is 0. The van der Waals surface area contributed by atoms with Gasteiger partial charge in [0.1, 0.15) is 0 Å². The number of nitrogens with two attached hydrogens (primary N) is 1. The Morgan fingerprint density at radius 1 is 1.58 bits per heavy atom. The molecule has 8 heteroatoms. The van der Waals surface area contributed by atoms with Crippen molar-refractivity contribution in [2.75, 3.05) is 11.9 Å². The van der Waals surface area contributed by atoms with Crippen LogP contribution < -0.4 is 16.4 Å². The molecule has 2 heterocycles. The molecule has 0 aliphatic carbocycles. The Bertz CT molecular complexity index is 495. The van der Waals surface area contributed by atoms with Crippen molar-refractivity contribution in [2.45, 2.75) is 32.9 Å². The van der Waals surface area contributed by atoms with Crippen LogP contribution in [0.15, 0.2) is 0 Å². The number of hydrogen-bond acceptors (Lipinski definition) is 4. The fourth-order valence-corrected chi connectivity index (χ4v) is 3.30. The zero-order valence-corrected chi connectivity index (χ0v) is 12.6. The number of thiazole rings is 1. The van der Waals surface area contributed by atoms with Gasteiger partial charge in [0.25, 0.3) is 0 Å². The third kappa shape index (κ3) is 3.54. The SMILES string of the molecule is CC(C)NC(=S)N1CCc2nc(NC(=N)N)sc2C1. The largest absolute Gasteiger partial charge is 0.370 e. The second-order valence-electron chi connectivity index (χ2n) is 4.70. The van der Waals surface area contributed by atoms with E-state index in [4.69, 9.17) is 23.4 Å². The van der Waals surface area contributed by atoms with Gasteiger partial charge in [-0.1, -0.05) is 11.3 Å². The number of aromatic nitrogens is 1. The fraction of sp³-hybridized carbons (Fsp3) is 0.545. The van der Waals surface area contributed by atoms with Crippen LogP contribution in [0.3, 0.4) is 0 Å². The van der Waals surface area contributed by atoms with Crippen molar-refractivity contribution in [2.24, 2.45) is 5.73 Å².